The van der Waals surface area contributed by atoms with Crippen LogP contribution >= 0.6 is 0 Å². The van der Waals surface area contributed by atoms with Gasteiger partial charge in [-0.2, -0.15) is 0 Å². The zero-order valence-corrected chi connectivity index (χ0v) is 13.4. The number of carbonyl (C=O) groups excluding carboxylic acids is 2. The summed E-state index contributed by atoms with van der Waals surface area (Å²) in [5.74, 6) is -3.38. The Hall–Kier alpha value is -3.03. The van der Waals surface area contributed by atoms with Crippen LogP contribution in [0, 0.1) is 11.6 Å². The van der Waals surface area contributed by atoms with Crippen molar-refractivity contribution in [3.8, 4) is 0 Å². The lowest BCUT2D eigenvalue weighted by atomic mass is 10.2. The first-order valence-electron chi connectivity index (χ1n) is 6.99. The average Bonchev–Trinajstić information content (AvgIpc) is 2.51. The molecule has 2 amide bonds. The minimum Gasteiger partial charge on any atom is -0.378 e. The van der Waals surface area contributed by atoms with E-state index in [1.54, 1.807) is 31.1 Å². The maximum Gasteiger partial charge on any atom is 0.274 e. The van der Waals surface area contributed by atoms with Crippen LogP contribution < -0.4 is 15.5 Å². The highest BCUT2D eigenvalue weighted by Gasteiger charge is 2.15. The van der Waals surface area contributed by atoms with Gasteiger partial charge in [-0.05, 0) is 12.1 Å². The van der Waals surface area contributed by atoms with E-state index in [-0.39, 0.29) is 17.1 Å². The maximum absolute atomic E-state index is 13.5. The first kappa shape index (κ1) is 17.3. The molecule has 126 valence electrons. The monoisotopic (exact) mass is 334 g/mol. The summed E-state index contributed by atoms with van der Waals surface area (Å²) in [5, 5.41) is 4.76. The molecule has 0 unspecified atom stereocenters. The minimum absolute atomic E-state index is 0.0430. The molecule has 1 aromatic carbocycles. The number of hydrogen-bond acceptors (Lipinski definition) is 4. The SMILES string of the molecule is CC(=O)Nc1cc(F)c(F)cc1NC(=O)c1cc(N(C)C)ccn1. The van der Waals surface area contributed by atoms with Crippen molar-refractivity contribution in [2.75, 3.05) is 29.6 Å². The van der Waals surface area contributed by atoms with E-state index < -0.39 is 23.4 Å². The number of nitrogens with one attached hydrogen (secondary N) is 2. The number of nitrogens with zero attached hydrogens (tertiary/aromatic N) is 2. The number of pyridine rings is 1. The molecule has 2 rings (SSSR count). The largest absolute Gasteiger partial charge is 0.378 e. The summed E-state index contributed by atoms with van der Waals surface area (Å²) in [7, 11) is 3.61. The van der Waals surface area contributed by atoms with Gasteiger partial charge in [-0.1, -0.05) is 0 Å². The quantitative estimate of drug-likeness (QED) is 0.901. The number of hydrogen-bond donors (Lipinski definition) is 2. The van der Waals surface area contributed by atoms with Crippen molar-refractivity contribution >= 4 is 28.9 Å². The molecule has 0 saturated heterocycles. The summed E-state index contributed by atoms with van der Waals surface area (Å²) >= 11 is 0. The second-order valence-electron chi connectivity index (χ2n) is 5.24. The Balaban J connectivity index is 2.33. The van der Waals surface area contributed by atoms with Crippen molar-refractivity contribution in [3.05, 3.63) is 47.8 Å². The molecule has 8 heteroatoms. The van der Waals surface area contributed by atoms with Gasteiger partial charge in [-0.15, -0.1) is 0 Å². The maximum atomic E-state index is 13.5. The van der Waals surface area contributed by atoms with Crippen LogP contribution in [0.4, 0.5) is 25.8 Å². The third kappa shape index (κ3) is 4.03. The van der Waals surface area contributed by atoms with Gasteiger partial charge < -0.3 is 15.5 Å². The molecule has 2 aromatic rings. The molecule has 2 N–H and O–H groups in total. The van der Waals surface area contributed by atoms with Gasteiger partial charge in [0.25, 0.3) is 5.91 Å². The molecular formula is C16H16F2N4O2. The fourth-order valence-corrected chi connectivity index (χ4v) is 1.95. The first-order valence-corrected chi connectivity index (χ1v) is 6.99. The average molecular weight is 334 g/mol. The molecule has 24 heavy (non-hydrogen) atoms. The van der Waals surface area contributed by atoms with Crippen molar-refractivity contribution in [3.63, 3.8) is 0 Å². The van der Waals surface area contributed by atoms with Crippen LogP contribution in [0.2, 0.25) is 0 Å². The topological polar surface area (TPSA) is 74.3 Å². The summed E-state index contributed by atoms with van der Waals surface area (Å²) in [4.78, 5) is 29.2. The molecule has 0 spiro atoms. The van der Waals surface area contributed by atoms with Crippen LogP contribution in [0.15, 0.2) is 30.5 Å². The van der Waals surface area contributed by atoms with Crippen LogP contribution in [0.1, 0.15) is 17.4 Å². The highest BCUT2D eigenvalue weighted by molar-refractivity contribution is 6.06. The molecule has 0 aliphatic carbocycles. The summed E-state index contributed by atoms with van der Waals surface area (Å²) in [6.45, 7) is 1.22. The summed E-state index contributed by atoms with van der Waals surface area (Å²) in [5.41, 5.74) is 0.742. The lowest BCUT2D eigenvalue weighted by molar-refractivity contribution is -0.114. The van der Waals surface area contributed by atoms with E-state index in [1.165, 1.54) is 13.1 Å². The van der Waals surface area contributed by atoms with E-state index in [0.717, 1.165) is 17.8 Å². The third-order valence-electron chi connectivity index (χ3n) is 3.11. The Morgan fingerprint density at radius 2 is 1.62 bits per heavy atom. The molecule has 0 radical (unpaired) electrons. The number of anilines is 3. The van der Waals surface area contributed by atoms with Crippen LogP contribution in [0.3, 0.4) is 0 Å². The highest BCUT2D eigenvalue weighted by Crippen LogP contribution is 2.26. The Morgan fingerprint density at radius 3 is 2.17 bits per heavy atom. The van der Waals surface area contributed by atoms with E-state index in [4.69, 9.17) is 0 Å². The van der Waals surface area contributed by atoms with Crippen molar-refractivity contribution in [2.24, 2.45) is 0 Å². The molecule has 0 bridgehead atoms. The molecule has 0 aliphatic rings. The van der Waals surface area contributed by atoms with Gasteiger partial charge in [0.05, 0.1) is 11.4 Å². The summed E-state index contributed by atoms with van der Waals surface area (Å²) in [6.07, 6.45) is 1.46. The molecule has 1 heterocycles. The van der Waals surface area contributed by atoms with E-state index in [0.29, 0.717) is 0 Å². The molecular weight excluding hydrogens is 318 g/mol. The lowest BCUT2D eigenvalue weighted by Crippen LogP contribution is -2.18. The van der Waals surface area contributed by atoms with Gasteiger partial charge in [0.1, 0.15) is 5.69 Å². The molecule has 0 saturated carbocycles. The van der Waals surface area contributed by atoms with E-state index in [9.17, 15) is 18.4 Å². The van der Waals surface area contributed by atoms with Gasteiger partial charge >= 0.3 is 0 Å². The van der Waals surface area contributed by atoms with E-state index >= 15 is 0 Å². The Labute approximate surface area is 137 Å². The van der Waals surface area contributed by atoms with Crippen LogP contribution in [-0.4, -0.2) is 30.9 Å². The smallest absolute Gasteiger partial charge is 0.274 e. The Bertz CT molecular complexity index is 794. The van der Waals surface area contributed by atoms with Gasteiger partial charge in [-0.25, -0.2) is 8.78 Å². The number of amides is 2. The number of aromatic nitrogens is 1. The molecule has 0 fully saturated rings. The first-order chi connectivity index (χ1) is 11.3. The second-order valence-corrected chi connectivity index (χ2v) is 5.24. The molecule has 0 atom stereocenters. The van der Waals surface area contributed by atoms with E-state index in [2.05, 4.69) is 15.6 Å². The minimum atomic E-state index is -1.14. The van der Waals surface area contributed by atoms with Crippen molar-refractivity contribution in [1.82, 2.24) is 4.98 Å². The van der Waals surface area contributed by atoms with Crippen molar-refractivity contribution < 1.29 is 18.4 Å². The zero-order valence-electron chi connectivity index (χ0n) is 13.4. The van der Waals surface area contributed by atoms with E-state index in [1.807, 2.05) is 0 Å². The molecule has 6 nitrogen and oxygen atoms in total. The molecule has 1 aromatic heterocycles. The van der Waals surface area contributed by atoms with Crippen molar-refractivity contribution in [2.45, 2.75) is 6.92 Å². The van der Waals surface area contributed by atoms with Gasteiger partial charge in [0.2, 0.25) is 5.91 Å². The lowest BCUT2D eigenvalue weighted by Gasteiger charge is -2.14. The standard InChI is InChI=1S/C16H16F2N4O2/c1-9(23)20-13-7-11(17)12(18)8-14(13)21-16(24)15-6-10(22(2)3)4-5-19-15/h4-8H,1-3H3,(H,20,23)(H,21,24). The molecule has 0 aliphatic heterocycles. The summed E-state index contributed by atoms with van der Waals surface area (Å²) in [6, 6.07) is 4.87. The van der Waals surface area contributed by atoms with Gasteiger partial charge in [-0.3, -0.25) is 14.6 Å². The van der Waals surface area contributed by atoms with Crippen LogP contribution in [0.5, 0.6) is 0 Å². The predicted octanol–water partition coefficient (Wildman–Crippen LogP) is 2.64. The number of benzene rings is 1. The number of carbonyl (C=O) groups is 2. The summed E-state index contributed by atoms with van der Waals surface area (Å²) < 4.78 is 26.8. The van der Waals surface area contributed by atoms with Crippen molar-refractivity contribution in [1.29, 1.82) is 0 Å². The third-order valence-corrected chi connectivity index (χ3v) is 3.11. The Morgan fingerprint density at radius 1 is 1.04 bits per heavy atom. The Kier molecular flexibility index (Phi) is 5.08. The number of rotatable bonds is 4. The zero-order chi connectivity index (χ0) is 17.9. The van der Waals surface area contributed by atoms with Crippen LogP contribution in [-0.2, 0) is 4.79 Å². The number of halogens is 2. The highest BCUT2D eigenvalue weighted by atomic mass is 19.2. The van der Waals surface area contributed by atoms with Gasteiger partial charge in [0, 0.05) is 45.0 Å². The fourth-order valence-electron chi connectivity index (χ4n) is 1.95. The normalized spacial score (nSPS) is 10.2. The van der Waals surface area contributed by atoms with Gasteiger partial charge in [0.15, 0.2) is 11.6 Å². The predicted molar refractivity (Wildman–Crippen MR) is 87.2 cm³/mol. The van der Waals surface area contributed by atoms with Crippen LogP contribution in [0.25, 0.3) is 0 Å². The second kappa shape index (κ2) is 7.03. The fraction of sp³-hybridized carbons (Fsp3) is 0.188.